The van der Waals surface area contributed by atoms with Gasteiger partial charge in [-0.3, -0.25) is 13.9 Å². The smallest absolute Gasteiger partial charge is 0.264 e. The second kappa shape index (κ2) is 14.2. The van der Waals surface area contributed by atoms with Crippen molar-refractivity contribution in [1.82, 2.24) is 10.2 Å². The molecule has 0 heterocycles. The highest BCUT2D eigenvalue weighted by molar-refractivity contribution is 7.92. The molecule has 40 heavy (non-hydrogen) atoms. The van der Waals surface area contributed by atoms with E-state index >= 15 is 0 Å². The van der Waals surface area contributed by atoms with Crippen LogP contribution in [0.4, 0.5) is 5.69 Å². The summed E-state index contributed by atoms with van der Waals surface area (Å²) in [5.41, 5.74) is 1.55. The average Bonchev–Trinajstić information content (AvgIpc) is 2.92. The highest BCUT2D eigenvalue weighted by Crippen LogP contribution is 2.29. The Morgan fingerprint density at radius 1 is 0.925 bits per heavy atom. The second-order valence-electron chi connectivity index (χ2n) is 9.24. The number of carbonyl (C=O) groups excluding carboxylic acids is 2. The van der Waals surface area contributed by atoms with Gasteiger partial charge in [-0.2, -0.15) is 0 Å². The van der Waals surface area contributed by atoms with Crippen molar-refractivity contribution in [2.24, 2.45) is 0 Å². The van der Waals surface area contributed by atoms with Crippen LogP contribution in [0.3, 0.4) is 0 Å². The number of nitrogens with zero attached hydrogens (tertiary/aromatic N) is 2. The number of halogens is 3. The summed E-state index contributed by atoms with van der Waals surface area (Å²) in [5.74, 6) is -0.957. The molecule has 1 unspecified atom stereocenters. The summed E-state index contributed by atoms with van der Waals surface area (Å²) in [7, 11) is -4.20. The van der Waals surface area contributed by atoms with E-state index in [1.165, 1.54) is 23.1 Å². The molecular formula is C29H32Cl3N3O4S. The molecule has 1 atom stereocenters. The Bertz CT molecular complexity index is 1430. The van der Waals surface area contributed by atoms with Crippen molar-refractivity contribution in [3.8, 4) is 0 Å². The highest BCUT2D eigenvalue weighted by atomic mass is 35.5. The number of hydrogen-bond acceptors (Lipinski definition) is 4. The van der Waals surface area contributed by atoms with Crippen molar-refractivity contribution >= 4 is 62.3 Å². The van der Waals surface area contributed by atoms with Gasteiger partial charge in [0.15, 0.2) is 0 Å². The maximum absolute atomic E-state index is 14.1. The van der Waals surface area contributed by atoms with Crippen molar-refractivity contribution < 1.29 is 18.0 Å². The predicted octanol–water partition coefficient (Wildman–Crippen LogP) is 6.48. The second-order valence-corrected chi connectivity index (χ2v) is 12.4. The van der Waals surface area contributed by atoms with Crippen LogP contribution in [0.1, 0.15) is 37.8 Å². The maximum atomic E-state index is 14.1. The van der Waals surface area contributed by atoms with Crippen molar-refractivity contribution in [2.75, 3.05) is 17.4 Å². The topological polar surface area (TPSA) is 86.8 Å². The third kappa shape index (κ3) is 7.69. The Morgan fingerprint density at radius 2 is 1.55 bits per heavy atom. The Kier molecular flexibility index (Phi) is 11.3. The molecule has 0 aliphatic carbocycles. The number of carbonyl (C=O) groups is 2. The van der Waals surface area contributed by atoms with Crippen molar-refractivity contribution in [1.29, 1.82) is 0 Å². The number of sulfonamides is 1. The lowest BCUT2D eigenvalue weighted by molar-refractivity contribution is -0.140. The van der Waals surface area contributed by atoms with Crippen LogP contribution in [0.25, 0.3) is 0 Å². The van der Waals surface area contributed by atoms with E-state index in [0.29, 0.717) is 33.6 Å². The lowest BCUT2D eigenvalue weighted by Crippen LogP contribution is -2.52. The largest absolute Gasteiger partial charge is 0.354 e. The molecule has 0 saturated carbocycles. The fraction of sp³-hybridized carbons (Fsp3) is 0.310. The van der Waals surface area contributed by atoms with Gasteiger partial charge in [-0.15, -0.1) is 0 Å². The third-order valence-electron chi connectivity index (χ3n) is 6.31. The zero-order valence-corrected chi connectivity index (χ0v) is 25.6. The standard InChI is InChI=1S/C29H32Cl3N3O4S/c1-4-16-33-29(37)27(5-2)34(18-24-25(31)10-7-11-26(24)32)28(36)19-35(22-9-6-8-21(30)17-22)40(38,39)23-14-12-20(3)13-15-23/h6-15,17,27H,4-5,16,18-19H2,1-3H3,(H,33,37). The first-order chi connectivity index (χ1) is 19.0. The summed E-state index contributed by atoms with van der Waals surface area (Å²) in [5, 5.41) is 3.80. The fourth-order valence-corrected chi connectivity index (χ4v) is 6.24. The number of hydrogen-bond donors (Lipinski definition) is 1. The molecule has 0 aromatic heterocycles. The zero-order valence-electron chi connectivity index (χ0n) is 22.5. The van der Waals surface area contributed by atoms with Crippen LogP contribution in [0.15, 0.2) is 71.6 Å². The highest BCUT2D eigenvalue weighted by Gasteiger charge is 2.34. The molecule has 0 aliphatic rings. The molecule has 3 aromatic carbocycles. The number of anilines is 1. The number of rotatable bonds is 12. The van der Waals surface area contributed by atoms with Gasteiger partial charge in [0.1, 0.15) is 12.6 Å². The Morgan fingerprint density at radius 3 is 2.12 bits per heavy atom. The van der Waals surface area contributed by atoms with Crippen LogP contribution < -0.4 is 9.62 Å². The van der Waals surface area contributed by atoms with Gasteiger partial charge in [0.25, 0.3) is 10.0 Å². The van der Waals surface area contributed by atoms with E-state index < -0.39 is 28.5 Å². The molecule has 11 heteroatoms. The van der Waals surface area contributed by atoms with Gasteiger partial charge < -0.3 is 10.2 Å². The fourth-order valence-electron chi connectivity index (χ4n) is 4.14. The van der Waals surface area contributed by atoms with Crippen molar-refractivity contribution in [2.45, 2.75) is 51.1 Å². The third-order valence-corrected chi connectivity index (χ3v) is 9.04. The quantitative estimate of drug-likeness (QED) is 0.250. The minimum atomic E-state index is -4.20. The summed E-state index contributed by atoms with van der Waals surface area (Å²) < 4.78 is 28.8. The van der Waals surface area contributed by atoms with Crippen LogP contribution in [-0.2, 0) is 26.2 Å². The summed E-state index contributed by atoms with van der Waals surface area (Å²) >= 11 is 19.1. The molecule has 0 spiro atoms. The molecule has 3 aromatic rings. The van der Waals surface area contributed by atoms with Crippen LogP contribution >= 0.6 is 34.8 Å². The molecule has 0 bridgehead atoms. The molecule has 3 rings (SSSR count). The Hall–Kier alpha value is -2.78. The van der Waals surface area contributed by atoms with Gasteiger partial charge in [-0.05, 0) is 62.2 Å². The molecule has 1 N–H and O–H groups in total. The molecular weight excluding hydrogens is 593 g/mol. The first kappa shape index (κ1) is 31.7. The molecule has 0 radical (unpaired) electrons. The van der Waals surface area contributed by atoms with E-state index in [4.69, 9.17) is 34.8 Å². The summed E-state index contributed by atoms with van der Waals surface area (Å²) in [4.78, 5) is 28.6. The normalized spacial score (nSPS) is 12.1. The predicted molar refractivity (Wildman–Crippen MR) is 162 cm³/mol. The monoisotopic (exact) mass is 623 g/mol. The number of aryl methyl sites for hydroxylation is 1. The molecule has 0 saturated heterocycles. The Balaban J connectivity index is 2.09. The number of amides is 2. The van der Waals surface area contributed by atoms with Crippen LogP contribution in [0.2, 0.25) is 15.1 Å². The summed E-state index contributed by atoms with van der Waals surface area (Å²) in [6.07, 6.45) is 0.995. The van der Waals surface area contributed by atoms with Crippen LogP contribution in [-0.4, -0.2) is 44.3 Å². The van der Waals surface area contributed by atoms with E-state index in [2.05, 4.69) is 5.32 Å². The van der Waals surface area contributed by atoms with Gasteiger partial charge >= 0.3 is 0 Å². The Labute approximate surface area is 251 Å². The van der Waals surface area contributed by atoms with Gasteiger partial charge in [0.2, 0.25) is 11.8 Å². The minimum Gasteiger partial charge on any atom is -0.354 e. The summed E-state index contributed by atoms with van der Waals surface area (Å²) in [6.45, 7) is 5.30. The number of benzene rings is 3. The molecule has 0 fully saturated rings. The zero-order chi connectivity index (χ0) is 29.4. The lowest BCUT2D eigenvalue weighted by Gasteiger charge is -2.33. The summed E-state index contributed by atoms with van der Waals surface area (Å²) in [6, 6.07) is 16.7. The maximum Gasteiger partial charge on any atom is 0.264 e. The van der Waals surface area contributed by atoms with E-state index in [0.717, 1.165) is 9.87 Å². The van der Waals surface area contributed by atoms with Gasteiger partial charge in [-0.1, -0.05) is 78.5 Å². The van der Waals surface area contributed by atoms with Crippen molar-refractivity contribution in [3.63, 3.8) is 0 Å². The molecule has 214 valence electrons. The van der Waals surface area contributed by atoms with E-state index in [-0.39, 0.29) is 29.5 Å². The van der Waals surface area contributed by atoms with Gasteiger partial charge in [0.05, 0.1) is 10.6 Å². The lowest BCUT2D eigenvalue weighted by atomic mass is 10.1. The average molecular weight is 625 g/mol. The van der Waals surface area contributed by atoms with E-state index in [9.17, 15) is 18.0 Å². The van der Waals surface area contributed by atoms with Crippen molar-refractivity contribution in [3.05, 3.63) is 92.9 Å². The first-order valence-corrected chi connectivity index (χ1v) is 15.4. The first-order valence-electron chi connectivity index (χ1n) is 12.8. The van der Waals surface area contributed by atoms with E-state index in [1.54, 1.807) is 55.5 Å². The van der Waals surface area contributed by atoms with Crippen LogP contribution in [0.5, 0.6) is 0 Å². The van der Waals surface area contributed by atoms with E-state index in [1.807, 2.05) is 13.8 Å². The molecule has 0 aliphatic heterocycles. The van der Waals surface area contributed by atoms with Gasteiger partial charge in [0, 0.05) is 33.7 Å². The molecule has 2 amide bonds. The van der Waals surface area contributed by atoms with Crippen LogP contribution in [0, 0.1) is 6.92 Å². The molecule has 7 nitrogen and oxygen atoms in total. The van der Waals surface area contributed by atoms with Gasteiger partial charge in [-0.25, -0.2) is 8.42 Å². The minimum absolute atomic E-state index is 0.0132. The number of nitrogens with one attached hydrogen (secondary N) is 1. The SMILES string of the molecule is CCCNC(=O)C(CC)N(Cc1c(Cl)cccc1Cl)C(=O)CN(c1cccc(Cl)c1)S(=O)(=O)c1ccc(C)cc1.